The topological polar surface area (TPSA) is 48.3 Å². The predicted octanol–water partition coefficient (Wildman–Crippen LogP) is 1.17. The van der Waals surface area contributed by atoms with Crippen LogP contribution < -0.4 is 5.32 Å². The molecule has 0 spiro atoms. The number of hydrogen-bond acceptors (Lipinski definition) is 4. The molecule has 1 aliphatic rings. The summed E-state index contributed by atoms with van der Waals surface area (Å²) in [6.07, 6.45) is 3.44. The highest BCUT2D eigenvalue weighted by Crippen LogP contribution is 2.21. The van der Waals surface area contributed by atoms with Crippen LogP contribution in [-0.4, -0.2) is 42.0 Å². The van der Waals surface area contributed by atoms with Gasteiger partial charge in [-0.05, 0) is 0 Å². The Balaban J connectivity index is 1.86. The summed E-state index contributed by atoms with van der Waals surface area (Å²) in [6, 6.07) is 0. The van der Waals surface area contributed by atoms with Crippen LogP contribution >= 0.6 is 0 Å². The number of rotatable bonds is 6. The van der Waals surface area contributed by atoms with Crippen molar-refractivity contribution in [3.05, 3.63) is 18.2 Å². The normalized spacial score (nSPS) is 24.0. The molecule has 0 bridgehead atoms. The lowest BCUT2D eigenvalue weighted by Crippen LogP contribution is -2.43. The summed E-state index contributed by atoms with van der Waals surface area (Å²) < 4.78 is 36.7. The van der Waals surface area contributed by atoms with Gasteiger partial charge in [0.05, 0.1) is 13.2 Å². The van der Waals surface area contributed by atoms with Gasteiger partial charge >= 0.3 is 6.55 Å². The zero-order chi connectivity index (χ0) is 13.0. The van der Waals surface area contributed by atoms with Crippen LogP contribution in [-0.2, 0) is 16.0 Å². The van der Waals surface area contributed by atoms with Crippen LogP contribution in [0.1, 0.15) is 18.8 Å². The number of aromatic nitrogens is 2. The predicted molar refractivity (Wildman–Crippen MR) is 60.4 cm³/mol. The van der Waals surface area contributed by atoms with Gasteiger partial charge in [0.1, 0.15) is 11.4 Å². The maximum Gasteiger partial charge on any atom is 0.319 e. The molecule has 1 N–H and O–H groups in total. The number of nitrogens with zero attached hydrogens (tertiary/aromatic N) is 2. The van der Waals surface area contributed by atoms with Crippen LogP contribution in [0.2, 0.25) is 0 Å². The third-order valence-electron chi connectivity index (χ3n) is 3.19. The van der Waals surface area contributed by atoms with Gasteiger partial charge in [0.2, 0.25) is 0 Å². The van der Waals surface area contributed by atoms with E-state index in [0.29, 0.717) is 25.6 Å². The number of hydrogen-bond donors (Lipinski definition) is 1. The SMILES string of the molecule is COC1(CNCc2nccn2C(F)F)CCOC1. The molecule has 0 aliphatic carbocycles. The number of halogens is 2. The molecule has 18 heavy (non-hydrogen) atoms. The lowest BCUT2D eigenvalue weighted by Gasteiger charge is -2.25. The molecule has 7 heteroatoms. The molecular weight excluding hydrogens is 244 g/mol. The van der Waals surface area contributed by atoms with Gasteiger partial charge in [-0.2, -0.15) is 8.78 Å². The molecule has 0 aromatic carbocycles. The first-order valence-electron chi connectivity index (χ1n) is 5.80. The van der Waals surface area contributed by atoms with Crippen LogP contribution in [0.4, 0.5) is 8.78 Å². The highest BCUT2D eigenvalue weighted by Gasteiger charge is 2.34. The van der Waals surface area contributed by atoms with Gasteiger partial charge in [0, 0.05) is 39.1 Å². The Hall–Kier alpha value is -1.05. The van der Waals surface area contributed by atoms with Crippen molar-refractivity contribution in [1.29, 1.82) is 0 Å². The highest BCUT2D eigenvalue weighted by molar-refractivity contribution is 4.94. The van der Waals surface area contributed by atoms with E-state index in [4.69, 9.17) is 9.47 Å². The van der Waals surface area contributed by atoms with E-state index in [9.17, 15) is 8.78 Å². The molecule has 1 aromatic heterocycles. The van der Waals surface area contributed by atoms with Crippen LogP contribution in [0.5, 0.6) is 0 Å². The summed E-state index contributed by atoms with van der Waals surface area (Å²) in [5, 5.41) is 3.10. The van der Waals surface area contributed by atoms with Gasteiger partial charge in [-0.3, -0.25) is 4.57 Å². The average molecular weight is 261 g/mol. The lowest BCUT2D eigenvalue weighted by molar-refractivity contribution is -0.0162. The third-order valence-corrected chi connectivity index (χ3v) is 3.19. The maximum absolute atomic E-state index is 12.6. The molecule has 1 aliphatic heterocycles. The molecular formula is C11H17F2N3O2. The quantitative estimate of drug-likeness (QED) is 0.835. The fraction of sp³-hybridized carbons (Fsp3) is 0.727. The van der Waals surface area contributed by atoms with Crippen molar-refractivity contribution in [3.8, 4) is 0 Å². The van der Waals surface area contributed by atoms with E-state index in [-0.39, 0.29) is 12.1 Å². The zero-order valence-corrected chi connectivity index (χ0v) is 10.2. The maximum atomic E-state index is 12.6. The van der Waals surface area contributed by atoms with Gasteiger partial charge < -0.3 is 14.8 Å². The summed E-state index contributed by atoms with van der Waals surface area (Å²) in [6.45, 7) is -0.529. The van der Waals surface area contributed by atoms with Crippen molar-refractivity contribution in [1.82, 2.24) is 14.9 Å². The Kier molecular flexibility index (Phi) is 4.26. The van der Waals surface area contributed by atoms with Gasteiger partial charge in [0.25, 0.3) is 0 Å². The van der Waals surface area contributed by atoms with Crippen LogP contribution in [0.25, 0.3) is 0 Å². The van der Waals surface area contributed by atoms with Crippen molar-refractivity contribution >= 4 is 0 Å². The van der Waals surface area contributed by atoms with Crippen molar-refractivity contribution in [2.45, 2.75) is 25.1 Å². The monoisotopic (exact) mass is 261 g/mol. The molecule has 5 nitrogen and oxygen atoms in total. The van der Waals surface area contributed by atoms with E-state index >= 15 is 0 Å². The number of nitrogens with one attached hydrogen (secondary N) is 1. The number of alkyl halides is 2. The number of methoxy groups -OCH3 is 1. The van der Waals surface area contributed by atoms with Crippen molar-refractivity contribution in [3.63, 3.8) is 0 Å². The number of imidazole rings is 1. The van der Waals surface area contributed by atoms with Gasteiger partial charge in [0.15, 0.2) is 0 Å². The van der Waals surface area contributed by atoms with E-state index in [0.717, 1.165) is 11.0 Å². The van der Waals surface area contributed by atoms with Crippen LogP contribution in [0.3, 0.4) is 0 Å². The molecule has 1 atom stereocenters. The average Bonchev–Trinajstić information content (AvgIpc) is 2.98. The minimum Gasteiger partial charge on any atom is -0.378 e. The highest BCUT2D eigenvalue weighted by atomic mass is 19.3. The smallest absolute Gasteiger partial charge is 0.319 e. The Bertz CT molecular complexity index is 378. The second kappa shape index (κ2) is 5.73. The molecule has 2 rings (SSSR count). The van der Waals surface area contributed by atoms with E-state index in [2.05, 4.69) is 10.3 Å². The summed E-state index contributed by atoms with van der Waals surface area (Å²) in [7, 11) is 1.64. The van der Waals surface area contributed by atoms with Gasteiger partial charge in [-0.25, -0.2) is 4.98 Å². The molecule has 1 unspecified atom stereocenters. The molecule has 102 valence electrons. The Morgan fingerprint density at radius 1 is 1.67 bits per heavy atom. The molecule has 0 amide bonds. The molecule has 1 aromatic rings. The fourth-order valence-electron chi connectivity index (χ4n) is 2.02. The molecule has 1 saturated heterocycles. The first kappa shape index (κ1) is 13.4. The summed E-state index contributed by atoms with van der Waals surface area (Å²) >= 11 is 0. The zero-order valence-electron chi connectivity index (χ0n) is 10.2. The standard InChI is InChI=1S/C11H17F2N3O2/c1-17-11(2-5-18-8-11)7-14-6-9-15-3-4-16(9)10(12)13/h3-4,10,14H,2,5-8H2,1H3. The first-order valence-corrected chi connectivity index (χ1v) is 5.80. The largest absolute Gasteiger partial charge is 0.378 e. The third kappa shape index (κ3) is 2.85. The van der Waals surface area contributed by atoms with Crippen molar-refractivity contribution in [2.24, 2.45) is 0 Å². The number of ether oxygens (including phenoxy) is 2. The second-order valence-electron chi connectivity index (χ2n) is 4.32. The Morgan fingerprint density at radius 3 is 3.11 bits per heavy atom. The Morgan fingerprint density at radius 2 is 2.50 bits per heavy atom. The summed E-state index contributed by atoms with van der Waals surface area (Å²) in [5.74, 6) is 0.315. The molecule has 0 radical (unpaired) electrons. The first-order chi connectivity index (χ1) is 8.67. The van der Waals surface area contributed by atoms with Gasteiger partial charge in [-0.15, -0.1) is 0 Å². The van der Waals surface area contributed by atoms with Crippen LogP contribution in [0, 0.1) is 0 Å². The minimum absolute atomic E-state index is 0.280. The minimum atomic E-state index is -2.56. The van der Waals surface area contributed by atoms with E-state index in [1.165, 1.54) is 12.4 Å². The van der Waals surface area contributed by atoms with E-state index in [1.807, 2.05) is 0 Å². The Labute approximate surface area is 104 Å². The molecule has 0 saturated carbocycles. The summed E-state index contributed by atoms with van der Waals surface area (Å²) in [4.78, 5) is 3.90. The van der Waals surface area contributed by atoms with E-state index < -0.39 is 6.55 Å². The van der Waals surface area contributed by atoms with Gasteiger partial charge in [-0.1, -0.05) is 0 Å². The summed E-state index contributed by atoms with van der Waals surface area (Å²) in [5.41, 5.74) is -0.345. The van der Waals surface area contributed by atoms with Crippen molar-refractivity contribution < 1.29 is 18.3 Å². The molecule has 2 heterocycles. The van der Waals surface area contributed by atoms with E-state index in [1.54, 1.807) is 7.11 Å². The van der Waals surface area contributed by atoms with Crippen molar-refractivity contribution in [2.75, 3.05) is 26.9 Å². The lowest BCUT2D eigenvalue weighted by atomic mass is 10.0. The van der Waals surface area contributed by atoms with Crippen LogP contribution in [0.15, 0.2) is 12.4 Å². The fourth-order valence-corrected chi connectivity index (χ4v) is 2.02. The molecule has 1 fully saturated rings. The second-order valence-corrected chi connectivity index (χ2v) is 4.32.